The Labute approximate surface area is 133 Å². The van der Waals surface area contributed by atoms with Crippen LogP contribution in [-0.2, 0) is 6.54 Å². The lowest BCUT2D eigenvalue weighted by atomic mass is 9.93. The van der Waals surface area contributed by atoms with Crippen molar-refractivity contribution in [2.45, 2.75) is 26.8 Å². The second-order valence-electron chi connectivity index (χ2n) is 6.44. The highest BCUT2D eigenvalue weighted by Gasteiger charge is 2.30. The van der Waals surface area contributed by atoms with Gasteiger partial charge in [0.15, 0.2) is 5.96 Å². The highest BCUT2D eigenvalue weighted by molar-refractivity contribution is 5.80. The molecule has 22 heavy (non-hydrogen) atoms. The average Bonchev–Trinajstić information content (AvgIpc) is 2.87. The highest BCUT2D eigenvalue weighted by Crippen LogP contribution is 2.28. The molecule has 1 aliphatic heterocycles. The zero-order valence-corrected chi connectivity index (χ0v) is 13.9. The molecule has 2 rings (SSSR count). The van der Waals surface area contributed by atoms with Crippen molar-refractivity contribution in [2.75, 3.05) is 26.7 Å². The van der Waals surface area contributed by atoms with Gasteiger partial charge in [0.1, 0.15) is 12.4 Å². The van der Waals surface area contributed by atoms with Crippen LogP contribution in [0.2, 0.25) is 0 Å². The molecule has 1 aliphatic rings. The zero-order chi connectivity index (χ0) is 16.0. The van der Waals surface area contributed by atoms with Gasteiger partial charge in [0.05, 0.1) is 0 Å². The average molecular weight is 301 g/mol. The Kier molecular flexibility index (Phi) is 5.47. The minimum Gasteiger partial charge on any atom is -0.489 e. The van der Waals surface area contributed by atoms with Crippen molar-refractivity contribution in [3.05, 3.63) is 42.5 Å². The summed E-state index contributed by atoms with van der Waals surface area (Å²) in [4.78, 5) is 6.74. The van der Waals surface area contributed by atoms with E-state index in [-0.39, 0.29) is 0 Å². The first-order valence-corrected chi connectivity index (χ1v) is 7.83. The lowest BCUT2D eigenvalue weighted by molar-refractivity contribution is 0.357. The quantitative estimate of drug-likeness (QED) is 0.516. The summed E-state index contributed by atoms with van der Waals surface area (Å²) < 4.78 is 5.70. The molecule has 0 aliphatic carbocycles. The van der Waals surface area contributed by atoms with E-state index in [4.69, 9.17) is 4.74 Å². The van der Waals surface area contributed by atoms with Crippen LogP contribution < -0.4 is 10.1 Å². The number of ether oxygens (including phenoxy) is 1. The number of rotatable bonds is 5. The maximum absolute atomic E-state index is 5.70. The number of nitrogens with zero attached hydrogens (tertiary/aromatic N) is 2. The van der Waals surface area contributed by atoms with Crippen LogP contribution in [-0.4, -0.2) is 37.6 Å². The molecule has 1 heterocycles. The van der Waals surface area contributed by atoms with Gasteiger partial charge < -0.3 is 15.0 Å². The molecule has 0 atom stereocenters. The summed E-state index contributed by atoms with van der Waals surface area (Å²) in [5.74, 6) is 1.86. The number of likely N-dealkylation sites (tertiary alicyclic amines) is 1. The normalized spacial score (nSPS) is 17.4. The van der Waals surface area contributed by atoms with Gasteiger partial charge in [-0.25, -0.2) is 0 Å². The van der Waals surface area contributed by atoms with E-state index < -0.39 is 0 Å². The molecule has 0 spiro atoms. The molecule has 1 aromatic carbocycles. The minimum absolute atomic E-state index is 0.364. The van der Waals surface area contributed by atoms with Crippen LogP contribution in [0.15, 0.2) is 41.9 Å². The molecule has 120 valence electrons. The van der Waals surface area contributed by atoms with Gasteiger partial charge in [-0.15, -0.1) is 0 Å². The number of benzene rings is 1. The summed E-state index contributed by atoms with van der Waals surface area (Å²) in [6.07, 6.45) is 2.96. The van der Waals surface area contributed by atoms with Crippen molar-refractivity contribution < 1.29 is 4.74 Å². The summed E-state index contributed by atoms with van der Waals surface area (Å²) in [5, 5.41) is 3.45. The Bertz CT molecular complexity index is 537. The van der Waals surface area contributed by atoms with Crippen LogP contribution in [0, 0.1) is 5.41 Å². The summed E-state index contributed by atoms with van der Waals surface area (Å²) in [6.45, 7) is 11.6. The van der Waals surface area contributed by atoms with Crippen LogP contribution in [0.3, 0.4) is 0 Å². The highest BCUT2D eigenvalue weighted by atomic mass is 16.5. The maximum Gasteiger partial charge on any atom is 0.193 e. The van der Waals surface area contributed by atoms with E-state index in [2.05, 4.69) is 41.7 Å². The Morgan fingerprint density at radius 1 is 1.45 bits per heavy atom. The lowest BCUT2D eigenvalue weighted by Gasteiger charge is -2.24. The van der Waals surface area contributed by atoms with Crippen molar-refractivity contribution in [2.24, 2.45) is 10.4 Å². The number of nitrogens with one attached hydrogen (secondary N) is 1. The van der Waals surface area contributed by atoms with E-state index in [0.29, 0.717) is 18.6 Å². The van der Waals surface area contributed by atoms with Crippen molar-refractivity contribution in [3.63, 3.8) is 0 Å². The Morgan fingerprint density at radius 2 is 2.23 bits per heavy atom. The third kappa shape index (κ3) is 4.26. The number of aliphatic imine (C=N–C) groups is 1. The summed E-state index contributed by atoms with van der Waals surface area (Å²) in [6, 6.07) is 8.08. The van der Waals surface area contributed by atoms with Crippen LogP contribution >= 0.6 is 0 Å². The van der Waals surface area contributed by atoms with Crippen LogP contribution in [0.1, 0.15) is 25.8 Å². The monoisotopic (exact) mass is 301 g/mol. The fraction of sp³-hybridized carbons (Fsp3) is 0.500. The molecule has 1 saturated heterocycles. The largest absolute Gasteiger partial charge is 0.489 e. The van der Waals surface area contributed by atoms with Crippen LogP contribution in [0.4, 0.5) is 0 Å². The van der Waals surface area contributed by atoms with Crippen molar-refractivity contribution >= 4 is 5.96 Å². The molecule has 0 radical (unpaired) electrons. The topological polar surface area (TPSA) is 36.9 Å². The molecule has 1 N–H and O–H groups in total. The predicted octanol–water partition coefficient (Wildman–Crippen LogP) is 3.06. The number of hydrogen-bond acceptors (Lipinski definition) is 2. The van der Waals surface area contributed by atoms with Crippen LogP contribution in [0.25, 0.3) is 0 Å². The standard InChI is InChI=1S/C18H27N3O/c1-5-12-22-16-9-7-6-8-15(16)13-20-17(19-4)21-11-10-18(2,3)14-21/h5-9H,1,10-14H2,2-4H3,(H,19,20). The summed E-state index contributed by atoms with van der Waals surface area (Å²) in [5.41, 5.74) is 1.49. The van der Waals surface area contributed by atoms with Gasteiger partial charge >= 0.3 is 0 Å². The fourth-order valence-electron chi connectivity index (χ4n) is 2.74. The first-order chi connectivity index (χ1) is 10.6. The van der Waals surface area contributed by atoms with E-state index in [9.17, 15) is 0 Å². The Morgan fingerprint density at radius 3 is 2.86 bits per heavy atom. The van der Waals surface area contributed by atoms with E-state index in [1.54, 1.807) is 6.08 Å². The van der Waals surface area contributed by atoms with Gasteiger partial charge in [-0.1, -0.05) is 44.7 Å². The third-order valence-electron chi connectivity index (χ3n) is 3.95. The third-order valence-corrected chi connectivity index (χ3v) is 3.95. The van der Waals surface area contributed by atoms with E-state index in [0.717, 1.165) is 30.4 Å². The van der Waals surface area contributed by atoms with E-state index in [1.165, 1.54) is 6.42 Å². The lowest BCUT2D eigenvalue weighted by Crippen LogP contribution is -2.40. The minimum atomic E-state index is 0.364. The number of para-hydroxylation sites is 1. The van der Waals surface area contributed by atoms with E-state index in [1.807, 2.05) is 25.2 Å². The molecular weight excluding hydrogens is 274 g/mol. The maximum atomic E-state index is 5.70. The molecule has 0 unspecified atom stereocenters. The van der Waals surface area contributed by atoms with Crippen molar-refractivity contribution in [1.29, 1.82) is 0 Å². The summed E-state index contributed by atoms with van der Waals surface area (Å²) >= 11 is 0. The van der Waals surface area contributed by atoms with E-state index >= 15 is 0 Å². The van der Waals surface area contributed by atoms with Crippen molar-refractivity contribution in [3.8, 4) is 5.75 Å². The van der Waals surface area contributed by atoms with Gasteiger partial charge in [-0.3, -0.25) is 4.99 Å². The van der Waals surface area contributed by atoms with Gasteiger partial charge in [0.2, 0.25) is 0 Å². The molecule has 0 saturated carbocycles. The fourth-order valence-corrected chi connectivity index (χ4v) is 2.74. The van der Waals surface area contributed by atoms with Gasteiger partial charge in [-0.2, -0.15) is 0 Å². The first-order valence-electron chi connectivity index (χ1n) is 7.83. The van der Waals surface area contributed by atoms with Crippen molar-refractivity contribution in [1.82, 2.24) is 10.2 Å². The second kappa shape index (κ2) is 7.34. The molecule has 4 heteroatoms. The Balaban J connectivity index is 1.98. The Hall–Kier alpha value is -1.97. The SMILES string of the molecule is C=CCOc1ccccc1CNC(=NC)N1CCC(C)(C)C1. The first kappa shape index (κ1) is 16.4. The molecule has 1 fully saturated rings. The zero-order valence-electron chi connectivity index (χ0n) is 13.9. The molecule has 1 aromatic rings. The molecular formula is C18H27N3O. The van der Waals surface area contributed by atoms with Gasteiger partial charge in [0, 0.05) is 32.2 Å². The van der Waals surface area contributed by atoms with Crippen LogP contribution in [0.5, 0.6) is 5.75 Å². The molecule has 0 bridgehead atoms. The molecule has 0 amide bonds. The van der Waals surface area contributed by atoms with Gasteiger partial charge in [0.25, 0.3) is 0 Å². The number of guanidine groups is 1. The summed E-state index contributed by atoms with van der Waals surface area (Å²) in [7, 11) is 1.84. The molecule has 0 aromatic heterocycles. The predicted molar refractivity (Wildman–Crippen MR) is 92.3 cm³/mol. The smallest absolute Gasteiger partial charge is 0.193 e. The molecule has 4 nitrogen and oxygen atoms in total. The second-order valence-corrected chi connectivity index (χ2v) is 6.44. The van der Waals surface area contributed by atoms with Gasteiger partial charge in [-0.05, 0) is 17.9 Å². The number of hydrogen-bond donors (Lipinski definition) is 1.